The van der Waals surface area contributed by atoms with Crippen molar-refractivity contribution in [1.82, 2.24) is 9.62 Å². The van der Waals surface area contributed by atoms with Gasteiger partial charge in [-0.05, 0) is 24.3 Å². The van der Waals surface area contributed by atoms with Crippen LogP contribution in [0, 0.1) is 0 Å². The van der Waals surface area contributed by atoms with Gasteiger partial charge in [-0.25, -0.2) is 13.1 Å². The smallest absolute Gasteiger partial charge is 0.240 e. The molecule has 1 aliphatic heterocycles. The molecule has 0 radical (unpaired) electrons. The number of furan rings is 1. The molecular weight excluding hydrogens is 396 g/mol. The lowest BCUT2D eigenvalue weighted by atomic mass is 10.1. The molecule has 0 unspecified atom stereocenters. The molecule has 3 rings (SSSR count). The van der Waals surface area contributed by atoms with E-state index < -0.39 is 10.0 Å². The van der Waals surface area contributed by atoms with Gasteiger partial charge in [0.1, 0.15) is 5.75 Å². The number of rotatable bonds is 7. The molecular formula is C17H21ClN2O4S2. The number of hydrogen-bond donors (Lipinski definition) is 1. The van der Waals surface area contributed by atoms with E-state index in [1.165, 1.54) is 19.2 Å². The van der Waals surface area contributed by atoms with Crippen molar-refractivity contribution in [3.8, 4) is 5.75 Å². The molecule has 0 amide bonds. The number of methoxy groups -OCH3 is 1. The molecule has 6 nitrogen and oxygen atoms in total. The Labute approximate surface area is 162 Å². The minimum absolute atomic E-state index is 0.0712. The van der Waals surface area contributed by atoms with Gasteiger partial charge in [-0.3, -0.25) is 4.90 Å². The molecule has 1 N–H and O–H groups in total. The minimum atomic E-state index is -3.69. The normalized spacial score (nSPS) is 17.2. The molecule has 9 heteroatoms. The average Bonchev–Trinajstić information content (AvgIpc) is 3.17. The molecule has 0 saturated carbocycles. The molecule has 26 heavy (non-hydrogen) atoms. The molecule has 0 bridgehead atoms. The summed E-state index contributed by atoms with van der Waals surface area (Å²) in [4.78, 5) is 2.40. The summed E-state index contributed by atoms with van der Waals surface area (Å²) in [5.74, 6) is 2.51. The first-order valence-corrected chi connectivity index (χ1v) is 11.2. The van der Waals surface area contributed by atoms with Gasteiger partial charge >= 0.3 is 0 Å². The van der Waals surface area contributed by atoms with E-state index in [1.54, 1.807) is 18.6 Å². The molecule has 142 valence electrons. The van der Waals surface area contributed by atoms with Gasteiger partial charge in [0.05, 0.1) is 35.6 Å². The summed E-state index contributed by atoms with van der Waals surface area (Å²) in [5, 5.41) is 0.259. The highest BCUT2D eigenvalue weighted by Crippen LogP contribution is 2.28. The van der Waals surface area contributed by atoms with Crippen LogP contribution in [0.25, 0.3) is 0 Å². The number of benzene rings is 1. The summed E-state index contributed by atoms with van der Waals surface area (Å²) in [6, 6.07) is 6.24. The van der Waals surface area contributed by atoms with E-state index in [9.17, 15) is 8.42 Å². The SMILES string of the molecule is COc1ccc(S(=O)(=O)NC[C@@H](c2ccoc2)N2CCSCC2)cc1Cl. The Bertz CT molecular complexity index is 821. The largest absolute Gasteiger partial charge is 0.495 e. The van der Waals surface area contributed by atoms with Crippen molar-refractivity contribution in [2.24, 2.45) is 0 Å². The van der Waals surface area contributed by atoms with Crippen LogP contribution < -0.4 is 9.46 Å². The maximum absolute atomic E-state index is 12.7. The fourth-order valence-electron chi connectivity index (χ4n) is 2.90. The van der Waals surface area contributed by atoms with Crippen LogP contribution in [0.5, 0.6) is 5.75 Å². The summed E-state index contributed by atoms with van der Waals surface area (Å²) < 4.78 is 38.4. The molecule has 0 spiro atoms. The highest BCUT2D eigenvalue weighted by Gasteiger charge is 2.26. The first-order chi connectivity index (χ1) is 12.5. The third kappa shape index (κ3) is 4.55. The number of thioether (sulfide) groups is 1. The number of nitrogens with zero attached hydrogens (tertiary/aromatic N) is 1. The molecule has 1 aromatic carbocycles. The van der Waals surface area contributed by atoms with E-state index in [2.05, 4.69) is 9.62 Å². The summed E-state index contributed by atoms with van der Waals surface area (Å²) in [6.45, 7) is 2.09. The fourth-order valence-corrected chi connectivity index (χ4v) is 5.22. The van der Waals surface area contributed by atoms with Gasteiger partial charge < -0.3 is 9.15 Å². The Morgan fingerprint density at radius 1 is 1.35 bits per heavy atom. The lowest BCUT2D eigenvalue weighted by molar-refractivity contribution is 0.218. The van der Waals surface area contributed by atoms with Gasteiger partial charge in [-0.1, -0.05) is 11.6 Å². The van der Waals surface area contributed by atoms with Crippen LogP contribution in [0.15, 0.2) is 46.1 Å². The first-order valence-electron chi connectivity index (χ1n) is 8.18. The molecule has 0 aliphatic carbocycles. The molecule has 1 aromatic heterocycles. The van der Waals surface area contributed by atoms with E-state index in [0.717, 1.165) is 30.2 Å². The van der Waals surface area contributed by atoms with Crippen LogP contribution in [0.2, 0.25) is 5.02 Å². The Balaban J connectivity index is 1.76. The highest BCUT2D eigenvalue weighted by molar-refractivity contribution is 7.99. The third-order valence-corrected chi connectivity index (χ3v) is 6.97. The van der Waals surface area contributed by atoms with Crippen molar-refractivity contribution in [2.45, 2.75) is 10.9 Å². The molecule has 2 heterocycles. The molecule has 1 atom stereocenters. The Morgan fingerprint density at radius 3 is 2.73 bits per heavy atom. The summed E-state index contributed by atoms with van der Waals surface area (Å²) in [5.41, 5.74) is 0.965. The second kappa shape index (κ2) is 8.67. The van der Waals surface area contributed by atoms with Crippen molar-refractivity contribution in [2.75, 3.05) is 38.2 Å². The number of nitrogens with one attached hydrogen (secondary N) is 1. The van der Waals surface area contributed by atoms with Crippen LogP contribution >= 0.6 is 23.4 Å². The van der Waals surface area contributed by atoms with Gasteiger partial charge in [-0.2, -0.15) is 11.8 Å². The minimum Gasteiger partial charge on any atom is -0.495 e. The van der Waals surface area contributed by atoms with Crippen molar-refractivity contribution >= 4 is 33.4 Å². The number of hydrogen-bond acceptors (Lipinski definition) is 6. The number of sulfonamides is 1. The van der Waals surface area contributed by atoms with Gasteiger partial charge in [0.15, 0.2) is 0 Å². The fraction of sp³-hybridized carbons (Fsp3) is 0.412. The van der Waals surface area contributed by atoms with E-state index in [4.69, 9.17) is 20.8 Å². The Hall–Kier alpha value is -1.19. The predicted octanol–water partition coefficient (Wildman–Crippen LogP) is 3.01. The number of ether oxygens (including phenoxy) is 1. The summed E-state index contributed by atoms with van der Waals surface area (Å²) in [7, 11) is -2.20. The van der Waals surface area contributed by atoms with Gasteiger partial charge in [0.2, 0.25) is 10.0 Å². The zero-order chi connectivity index (χ0) is 18.6. The van der Waals surface area contributed by atoms with Gasteiger partial charge in [0.25, 0.3) is 0 Å². The monoisotopic (exact) mass is 416 g/mol. The zero-order valence-electron chi connectivity index (χ0n) is 14.4. The van der Waals surface area contributed by atoms with Crippen LogP contribution in [0.1, 0.15) is 11.6 Å². The van der Waals surface area contributed by atoms with Crippen molar-refractivity contribution in [3.05, 3.63) is 47.4 Å². The van der Waals surface area contributed by atoms with Gasteiger partial charge in [-0.15, -0.1) is 0 Å². The standard InChI is InChI=1S/C17H21ClN2O4S2/c1-23-17-3-2-14(10-15(17)18)26(21,22)19-11-16(13-4-7-24-12-13)20-5-8-25-9-6-20/h2-4,7,10,12,16,19H,5-6,8-9,11H2,1H3/t16-/m0/s1. The maximum Gasteiger partial charge on any atom is 0.240 e. The van der Waals surface area contributed by atoms with Crippen LogP contribution in [-0.2, 0) is 10.0 Å². The van der Waals surface area contributed by atoms with E-state index in [0.29, 0.717) is 5.75 Å². The first kappa shape index (κ1) is 19.6. The summed E-state index contributed by atoms with van der Waals surface area (Å²) in [6.07, 6.45) is 3.28. The van der Waals surface area contributed by atoms with E-state index >= 15 is 0 Å². The molecule has 2 aromatic rings. The van der Waals surface area contributed by atoms with Crippen LogP contribution in [0.3, 0.4) is 0 Å². The molecule has 1 aliphatic rings. The van der Waals surface area contributed by atoms with Crippen molar-refractivity contribution < 1.29 is 17.6 Å². The van der Waals surface area contributed by atoms with Crippen LogP contribution in [0.4, 0.5) is 0 Å². The maximum atomic E-state index is 12.7. The lowest BCUT2D eigenvalue weighted by Gasteiger charge is -2.33. The van der Waals surface area contributed by atoms with Crippen LogP contribution in [-0.4, -0.2) is 51.6 Å². The predicted molar refractivity (Wildman–Crippen MR) is 104 cm³/mol. The third-order valence-electron chi connectivity index (χ3n) is 4.31. The number of halogens is 1. The topological polar surface area (TPSA) is 71.8 Å². The van der Waals surface area contributed by atoms with Crippen molar-refractivity contribution in [3.63, 3.8) is 0 Å². The Morgan fingerprint density at radius 2 is 2.12 bits per heavy atom. The van der Waals surface area contributed by atoms with Crippen molar-refractivity contribution in [1.29, 1.82) is 0 Å². The quantitative estimate of drug-likeness (QED) is 0.748. The zero-order valence-corrected chi connectivity index (χ0v) is 16.7. The highest BCUT2D eigenvalue weighted by atomic mass is 35.5. The second-order valence-electron chi connectivity index (χ2n) is 5.87. The molecule has 1 fully saturated rings. The van der Waals surface area contributed by atoms with E-state index in [-0.39, 0.29) is 22.5 Å². The second-order valence-corrected chi connectivity index (χ2v) is 9.27. The summed E-state index contributed by atoms with van der Waals surface area (Å²) >= 11 is 7.97. The lowest BCUT2D eigenvalue weighted by Crippen LogP contribution is -2.41. The Kier molecular flexibility index (Phi) is 6.52. The van der Waals surface area contributed by atoms with E-state index in [1.807, 2.05) is 17.8 Å². The van der Waals surface area contributed by atoms with Gasteiger partial charge in [0, 0.05) is 36.7 Å². The molecule has 1 saturated heterocycles. The average molecular weight is 417 g/mol.